The summed E-state index contributed by atoms with van der Waals surface area (Å²) < 4.78 is 8.39. The maximum atomic E-state index is 8.50. The Morgan fingerprint density at radius 2 is 1.00 bits per heavy atom. The number of hydrogen-bond donors (Lipinski definition) is 4. The second kappa shape index (κ2) is 8.66. The number of rotatable bonds is 4. The fourth-order valence-corrected chi connectivity index (χ4v) is 0.300. The van der Waals surface area contributed by atoms with Gasteiger partial charge in [0.15, 0.2) is 0 Å². The van der Waals surface area contributed by atoms with E-state index < -0.39 is 31.8 Å². The predicted octanol–water partition coefficient (Wildman–Crippen LogP) is -2.56. The molecule has 0 saturated carbocycles. The number of aliphatic hydroxyl groups is 4. The fraction of sp³-hybridized carbons (Fsp3) is 1.00. The molecule has 2 radical (unpaired) electrons. The molecule has 0 bridgehead atoms. The Morgan fingerprint density at radius 3 is 1.00 bits per heavy atom. The van der Waals surface area contributed by atoms with Crippen molar-refractivity contribution in [2.24, 2.45) is 5.41 Å². The Bertz CT molecular complexity index is 67.4. The average molecular weight is 359 g/mol. The fourth-order valence-electron chi connectivity index (χ4n) is 0.300. The predicted molar refractivity (Wildman–Crippen MR) is 37.2 cm³/mol. The van der Waals surface area contributed by atoms with E-state index in [1.165, 1.54) is 0 Å². The molecule has 0 aliphatic carbocycles. The zero-order valence-electron chi connectivity index (χ0n) is 6.03. The van der Waals surface area contributed by atoms with Gasteiger partial charge in [-0.15, -0.1) is 0 Å². The van der Waals surface area contributed by atoms with Crippen molar-refractivity contribution in [2.45, 2.75) is 0 Å². The molecular formula is C5H12O5Pb. The van der Waals surface area contributed by atoms with Crippen LogP contribution in [0.4, 0.5) is 0 Å². The van der Waals surface area contributed by atoms with Crippen LogP contribution >= 0.6 is 0 Å². The first kappa shape index (κ1) is 14.1. The standard InChI is InChI=1S/C5H12O4.O.Pb/c6-1-5(2-7,3-8)4-9;;/h6-9H,1-4H2;;. The normalized spacial score (nSPS) is 10.2. The van der Waals surface area contributed by atoms with E-state index in [4.69, 9.17) is 23.1 Å². The van der Waals surface area contributed by atoms with E-state index in [2.05, 4.69) is 0 Å². The Kier molecular flexibility index (Phi) is 11.1. The van der Waals surface area contributed by atoms with Gasteiger partial charge in [0, 0.05) is 0 Å². The van der Waals surface area contributed by atoms with Gasteiger partial charge in [0.05, 0.1) is 31.8 Å². The van der Waals surface area contributed by atoms with Crippen molar-refractivity contribution >= 4 is 25.8 Å². The third-order valence-electron chi connectivity index (χ3n) is 1.34. The summed E-state index contributed by atoms with van der Waals surface area (Å²) in [5.74, 6) is 0. The summed E-state index contributed by atoms with van der Waals surface area (Å²) in [4.78, 5) is 0. The Labute approximate surface area is 80.8 Å². The van der Waals surface area contributed by atoms with E-state index in [0.717, 1.165) is 0 Å². The van der Waals surface area contributed by atoms with Crippen molar-refractivity contribution in [3.8, 4) is 0 Å². The third-order valence-corrected chi connectivity index (χ3v) is 1.34. The summed E-state index contributed by atoms with van der Waals surface area (Å²) in [6.07, 6.45) is 0. The van der Waals surface area contributed by atoms with Gasteiger partial charge >= 0.3 is 28.5 Å². The van der Waals surface area contributed by atoms with Crippen LogP contribution < -0.4 is 0 Å². The van der Waals surface area contributed by atoms with Gasteiger partial charge in [0.2, 0.25) is 0 Å². The molecule has 0 rings (SSSR count). The summed E-state index contributed by atoms with van der Waals surface area (Å²) in [5.41, 5.74) is -1.11. The summed E-state index contributed by atoms with van der Waals surface area (Å²) in [6.45, 7) is -1.62. The minimum absolute atomic E-state index is 0.0556. The van der Waals surface area contributed by atoms with Crippen LogP contribution in [0.3, 0.4) is 0 Å². The van der Waals surface area contributed by atoms with Crippen molar-refractivity contribution in [2.75, 3.05) is 26.4 Å². The molecule has 0 aliphatic rings. The summed E-state index contributed by atoms with van der Waals surface area (Å²) in [7, 11) is 0. The third kappa shape index (κ3) is 4.91. The van der Waals surface area contributed by atoms with Crippen LogP contribution in [0.25, 0.3) is 0 Å². The van der Waals surface area contributed by atoms with Gasteiger partial charge in [0.25, 0.3) is 0 Å². The van der Waals surface area contributed by atoms with Crippen molar-refractivity contribution < 1.29 is 23.1 Å². The second-order valence-electron chi connectivity index (χ2n) is 2.13. The van der Waals surface area contributed by atoms with Crippen LogP contribution in [0.15, 0.2) is 0 Å². The number of hydrogen-bond acceptors (Lipinski definition) is 5. The van der Waals surface area contributed by atoms with E-state index in [-0.39, 0.29) is 25.8 Å². The minimum atomic E-state index is -1.11. The molecule has 0 aromatic heterocycles. The van der Waals surface area contributed by atoms with E-state index in [1.54, 1.807) is 0 Å². The molecule has 66 valence electrons. The Hall–Kier alpha value is 0.562. The van der Waals surface area contributed by atoms with Gasteiger partial charge in [0.1, 0.15) is 0 Å². The molecule has 0 heterocycles. The molecule has 11 heavy (non-hydrogen) atoms. The zero-order valence-corrected chi connectivity index (χ0v) is 9.91. The molecule has 6 heteroatoms. The Morgan fingerprint density at radius 1 is 0.818 bits per heavy atom. The van der Waals surface area contributed by atoms with E-state index in [1.807, 2.05) is 0 Å². The summed E-state index contributed by atoms with van der Waals surface area (Å²) in [6, 6.07) is 0. The van der Waals surface area contributed by atoms with Crippen LogP contribution in [0.2, 0.25) is 0 Å². The van der Waals surface area contributed by atoms with Gasteiger partial charge in [-0.1, -0.05) is 0 Å². The van der Waals surface area contributed by atoms with E-state index in [9.17, 15) is 0 Å². The molecule has 0 aromatic rings. The topological polar surface area (TPSA) is 98.0 Å². The molecule has 0 aromatic carbocycles. The average Bonchev–Trinajstić information content (AvgIpc) is 2.13. The zero-order chi connectivity index (χ0) is 9.33. The van der Waals surface area contributed by atoms with Crippen LogP contribution in [0.1, 0.15) is 0 Å². The molecule has 0 fully saturated rings. The molecule has 0 spiro atoms. The molecular weight excluding hydrogens is 347 g/mol. The van der Waals surface area contributed by atoms with Crippen LogP contribution in [-0.4, -0.2) is 72.6 Å². The molecule has 0 aliphatic heterocycles. The first-order valence-corrected chi connectivity index (χ1v) is 4.47. The SMILES string of the molecule is OCC(CO)(CO)CO.[O]=[Pb]. The van der Waals surface area contributed by atoms with E-state index in [0.29, 0.717) is 0 Å². The Balaban J connectivity index is 0. The quantitative estimate of drug-likeness (QED) is 0.414. The first-order valence-electron chi connectivity index (χ1n) is 2.88. The van der Waals surface area contributed by atoms with E-state index >= 15 is 0 Å². The van der Waals surface area contributed by atoms with Crippen molar-refractivity contribution in [1.29, 1.82) is 0 Å². The summed E-state index contributed by atoms with van der Waals surface area (Å²) >= 11 is 0.0556. The maximum absolute atomic E-state index is 8.50. The monoisotopic (exact) mass is 360 g/mol. The first-order chi connectivity index (χ1) is 5.24. The number of aliphatic hydroxyl groups excluding tert-OH is 4. The van der Waals surface area contributed by atoms with Gasteiger partial charge < -0.3 is 20.4 Å². The van der Waals surface area contributed by atoms with Gasteiger partial charge in [-0.05, 0) is 0 Å². The summed E-state index contributed by atoms with van der Waals surface area (Å²) in [5, 5.41) is 34.0. The second-order valence-corrected chi connectivity index (χ2v) is 2.13. The van der Waals surface area contributed by atoms with Gasteiger partial charge in [-0.2, -0.15) is 0 Å². The van der Waals surface area contributed by atoms with Gasteiger partial charge in [-0.3, -0.25) is 0 Å². The molecule has 0 amide bonds. The van der Waals surface area contributed by atoms with Crippen molar-refractivity contribution in [3.63, 3.8) is 0 Å². The molecule has 5 nitrogen and oxygen atoms in total. The van der Waals surface area contributed by atoms with Crippen molar-refractivity contribution in [3.05, 3.63) is 0 Å². The molecule has 0 unspecified atom stereocenters. The van der Waals surface area contributed by atoms with Crippen LogP contribution in [0, 0.1) is 5.41 Å². The van der Waals surface area contributed by atoms with Crippen LogP contribution in [0.5, 0.6) is 0 Å². The molecule has 4 N–H and O–H groups in total. The molecule has 0 saturated heterocycles. The van der Waals surface area contributed by atoms with Gasteiger partial charge in [-0.25, -0.2) is 0 Å². The van der Waals surface area contributed by atoms with Crippen molar-refractivity contribution in [1.82, 2.24) is 0 Å². The molecule has 0 atom stereocenters. The van der Waals surface area contributed by atoms with Crippen LogP contribution in [-0.2, 0) is 2.69 Å².